The van der Waals surface area contributed by atoms with Gasteiger partial charge in [-0.25, -0.2) is 0 Å². The molecule has 0 aliphatic heterocycles. The van der Waals surface area contributed by atoms with Crippen LogP contribution in [-0.2, 0) is 4.74 Å². The van der Waals surface area contributed by atoms with Crippen molar-refractivity contribution in [2.45, 2.75) is 13.3 Å². The zero-order chi connectivity index (χ0) is 6.41. The number of thiocarbonyl (C=S) groups is 1. The molecule has 0 unspecified atom stereocenters. The quantitative estimate of drug-likeness (QED) is 0.484. The molecule has 0 aromatic rings. The summed E-state index contributed by atoms with van der Waals surface area (Å²) in [7, 11) is 0. The van der Waals surface area contributed by atoms with E-state index in [0.717, 1.165) is 13.0 Å². The van der Waals surface area contributed by atoms with Crippen molar-refractivity contribution in [3.8, 4) is 0 Å². The van der Waals surface area contributed by atoms with Crippen molar-refractivity contribution in [1.82, 2.24) is 0 Å². The number of thiol groups is 1. The van der Waals surface area contributed by atoms with Gasteiger partial charge < -0.3 is 4.74 Å². The largest absolute Gasteiger partial charge is 0.486 e. The van der Waals surface area contributed by atoms with Crippen LogP contribution in [-0.4, -0.2) is 17.4 Å². The maximum Gasteiger partial charge on any atom is 0.169 e. The lowest BCUT2D eigenvalue weighted by molar-refractivity contribution is 0.311. The monoisotopic (exact) mass is 150 g/mol. The molecule has 0 heterocycles. The lowest BCUT2D eigenvalue weighted by Crippen LogP contribution is -2.02. The van der Waals surface area contributed by atoms with E-state index in [9.17, 15) is 0 Å². The predicted molar refractivity (Wildman–Crippen MR) is 42.7 cm³/mol. The van der Waals surface area contributed by atoms with Crippen LogP contribution in [0.2, 0.25) is 0 Å². The third-order valence-corrected chi connectivity index (χ3v) is 1.36. The molecule has 0 aromatic carbocycles. The van der Waals surface area contributed by atoms with Crippen molar-refractivity contribution in [3.63, 3.8) is 0 Å². The summed E-state index contributed by atoms with van der Waals surface area (Å²) in [6, 6.07) is 0. The third-order valence-electron chi connectivity index (χ3n) is 0.596. The van der Waals surface area contributed by atoms with Gasteiger partial charge in [-0.1, -0.05) is 6.92 Å². The maximum absolute atomic E-state index is 5.00. The summed E-state index contributed by atoms with van der Waals surface area (Å²) in [6.45, 7) is 2.76. The Morgan fingerprint density at radius 1 is 1.75 bits per heavy atom. The summed E-state index contributed by atoms with van der Waals surface area (Å²) in [5, 5.41) is 0.593. The van der Waals surface area contributed by atoms with Crippen LogP contribution >= 0.6 is 24.8 Å². The second-order valence-corrected chi connectivity index (χ2v) is 2.15. The van der Waals surface area contributed by atoms with E-state index in [4.69, 9.17) is 17.0 Å². The smallest absolute Gasteiger partial charge is 0.169 e. The fourth-order valence-electron chi connectivity index (χ4n) is 0.262. The minimum atomic E-state index is 0.551. The van der Waals surface area contributed by atoms with Gasteiger partial charge in [-0.2, -0.15) is 12.6 Å². The van der Waals surface area contributed by atoms with Crippen LogP contribution in [0.4, 0.5) is 0 Å². The molecule has 0 spiro atoms. The molecule has 0 aliphatic carbocycles. The first-order valence-electron chi connectivity index (χ1n) is 2.57. The van der Waals surface area contributed by atoms with Crippen molar-refractivity contribution >= 4 is 29.9 Å². The summed E-state index contributed by atoms with van der Waals surface area (Å²) >= 11 is 8.64. The molecule has 0 rings (SSSR count). The number of hydrogen-bond donors (Lipinski definition) is 1. The summed E-state index contributed by atoms with van der Waals surface area (Å²) in [4.78, 5) is 0. The minimum absolute atomic E-state index is 0.551. The van der Waals surface area contributed by atoms with Gasteiger partial charge in [0.05, 0.1) is 12.4 Å². The molecule has 0 saturated heterocycles. The Hall–Kier alpha value is 0.240. The lowest BCUT2D eigenvalue weighted by Gasteiger charge is -2.00. The molecular weight excluding hydrogens is 140 g/mol. The average Bonchev–Trinajstić information content (AvgIpc) is 1.83. The Bertz CT molecular complexity index is 72.8. The zero-order valence-electron chi connectivity index (χ0n) is 4.89. The Morgan fingerprint density at radius 2 is 2.38 bits per heavy atom. The van der Waals surface area contributed by atoms with Crippen LogP contribution in [0.3, 0.4) is 0 Å². The highest BCUT2D eigenvalue weighted by Crippen LogP contribution is 1.87. The van der Waals surface area contributed by atoms with E-state index >= 15 is 0 Å². The van der Waals surface area contributed by atoms with E-state index in [0.29, 0.717) is 10.8 Å². The standard InChI is InChI=1S/C5H10OS2/c1-2-3-6-5(8)4-7/h7H,2-4H2,1H3. The van der Waals surface area contributed by atoms with Gasteiger partial charge in [-0.3, -0.25) is 0 Å². The Balaban J connectivity index is 2.99. The van der Waals surface area contributed by atoms with Crippen LogP contribution < -0.4 is 0 Å². The second-order valence-electron chi connectivity index (χ2n) is 1.38. The van der Waals surface area contributed by atoms with Gasteiger partial charge in [0, 0.05) is 0 Å². The van der Waals surface area contributed by atoms with Crippen LogP contribution in [0.5, 0.6) is 0 Å². The highest BCUT2D eigenvalue weighted by atomic mass is 32.1. The zero-order valence-corrected chi connectivity index (χ0v) is 6.60. The highest BCUT2D eigenvalue weighted by molar-refractivity contribution is 7.85. The minimum Gasteiger partial charge on any atom is -0.486 e. The molecule has 0 atom stereocenters. The molecule has 0 fully saturated rings. The molecule has 8 heavy (non-hydrogen) atoms. The summed E-state index contributed by atoms with van der Waals surface area (Å²) in [5.74, 6) is 0.551. The Labute approximate surface area is 60.8 Å². The van der Waals surface area contributed by atoms with Crippen molar-refractivity contribution < 1.29 is 4.74 Å². The van der Waals surface area contributed by atoms with E-state index in [-0.39, 0.29) is 0 Å². The SMILES string of the molecule is CCCOC(=S)CS. The van der Waals surface area contributed by atoms with Gasteiger partial charge in [-0.15, -0.1) is 0 Å². The van der Waals surface area contributed by atoms with Crippen LogP contribution in [0.1, 0.15) is 13.3 Å². The topological polar surface area (TPSA) is 9.23 Å². The van der Waals surface area contributed by atoms with E-state index in [1.165, 1.54) is 0 Å². The maximum atomic E-state index is 5.00. The van der Waals surface area contributed by atoms with Gasteiger partial charge in [0.25, 0.3) is 0 Å². The Morgan fingerprint density at radius 3 is 2.75 bits per heavy atom. The third kappa shape index (κ3) is 4.40. The van der Waals surface area contributed by atoms with Crippen LogP contribution in [0.25, 0.3) is 0 Å². The predicted octanol–water partition coefficient (Wildman–Crippen LogP) is 1.67. The van der Waals surface area contributed by atoms with Crippen molar-refractivity contribution in [2.24, 2.45) is 0 Å². The molecule has 0 bridgehead atoms. The first kappa shape index (κ1) is 8.24. The molecule has 0 aliphatic rings. The molecular formula is C5H10OS2. The molecule has 3 heteroatoms. The molecule has 0 aromatic heterocycles. The molecule has 0 N–H and O–H groups in total. The summed E-state index contributed by atoms with van der Waals surface area (Å²) in [6.07, 6.45) is 1.01. The lowest BCUT2D eigenvalue weighted by atomic mass is 10.5. The van der Waals surface area contributed by atoms with Crippen molar-refractivity contribution in [1.29, 1.82) is 0 Å². The first-order valence-corrected chi connectivity index (χ1v) is 3.61. The first-order chi connectivity index (χ1) is 3.81. The molecule has 0 saturated carbocycles. The molecule has 0 radical (unpaired) electrons. The number of hydrogen-bond acceptors (Lipinski definition) is 3. The Kier molecular flexibility index (Phi) is 5.54. The fraction of sp³-hybridized carbons (Fsp3) is 0.800. The van der Waals surface area contributed by atoms with Gasteiger partial charge in [0.1, 0.15) is 0 Å². The summed E-state index contributed by atoms with van der Waals surface area (Å²) < 4.78 is 5.00. The van der Waals surface area contributed by atoms with E-state index in [1.807, 2.05) is 6.92 Å². The second kappa shape index (κ2) is 5.38. The molecule has 48 valence electrons. The van der Waals surface area contributed by atoms with Crippen molar-refractivity contribution in [2.75, 3.05) is 12.4 Å². The van der Waals surface area contributed by atoms with E-state index < -0.39 is 0 Å². The van der Waals surface area contributed by atoms with Gasteiger partial charge in [0.2, 0.25) is 0 Å². The van der Waals surface area contributed by atoms with Crippen molar-refractivity contribution in [3.05, 3.63) is 0 Å². The van der Waals surface area contributed by atoms with Gasteiger partial charge in [-0.05, 0) is 18.6 Å². The average molecular weight is 150 g/mol. The fourth-order valence-corrected chi connectivity index (χ4v) is 0.436. The number of ether oxygens (including phenoxy) is 1. The van der Waals surface area contributed by atoms with E-state index in [1.54, 1.807) is 0 Å². The number of rotatable bonds is 3. The highest BCUT2D eigenvalue weighted by Gasteiger charge is 1.88. The van der Waals surface area contributed by atoms with Crippen LogP contribution in [0, 0.1) is 0 Å². The van der Waals surface area contributed by atoms with Gasteiger partial charge in [0.15, 0.2) is 5.05 Å². The molecule has 1 nitrogen and oxygen atoms in total. The van der Waals surface area contributed by atoms with Gasteiger partial charge >= 0.3 is 0 Å². The molecule has 0 amide bonds. The normalized spacial score (nSPS) is 8.75. The summed E-state index contributed by atoms with van der Waals surface area (Å²) in [5.41, 5.74) is 0. The van der Waals surface area contributed by atoms with E-state index in [2.05, 4.69) is 12.6 Å². The van der Waals surface area contributed by atoms with Crippen LogP contribution in [0.15, 0.2) is 0 Å².